The number of hydrogen-bond donors (Lipinski definition) is 1. The maximum atomic E-state index is 12.6. The van der Waals surface area contributed by atoms with Crippen molar-refractivity contribution in [2.24, 2.45) is 0 Å². The molecular formula is C25H21ClN2O2. The number of amides is 1. The topological polar surface area (TPSA) is 62.1 Å². The van der Waals surface area contributed by atoms with Gasteiger partial charge in [0.25, 0.3) is 5.91 Å². The van der Waals surface area contributed by atoms with Gasteiger partial charge in [-0.2, -0.15) is 5.26 Å². The lowest BCUT2D eigenvalue weighted by molar-refractivity contribution is -0.112. The van der Waals surface area contributed by atoms with Crippen LogP contribution in [0.2, 0.25) is 5.02 Å². The number of rotatable bonds is 6. The van der Waals surface area contributed by atoms with Crippen molar-refractivity contribution in [1.82, 2.24) is 0 Å². The highest BCUT2D eigenvalue weighted by molar-refractivity contribution is 6.31. The van der Waals surface area contributed by atoms with E-state index in [1.807, 2.05) is 80.6 Å². The van der Waals surface area contributed by atoms with Gasteiger partial charge in [0.05, 0.1) is 0 Å². The van der Waals surface area contributed by atoms with Gasteiger partial charge in [0.2, 0.25) is 0 Å². The lowest BCUT2D eigenvalue weighted by atomic mass is 10.1. The van der Waals surface area contributed by atoms with Gasteiger partial charge in [-0.25, -0.2) is 0 Å². The summed E-state index contributed by atoms with van der Waals surface area (Å²) in [4.78, 5) is 12.6. The molecule has 3 aromatic carbocycles. The fourth-order valence-electron chi connectivity index (χ4n) is 2.93. The van der Waals surface area contributed by atoms with E-state index < -0.39 is 5.91 Å². The third kappa shape index (κ3) is 5.50. The summed E-state index contributed by atoms with van der Waals surface area (Å²) in [7, 11) is 0. The predicted octanol–water partition coefficient (Wildman–Crippen LogP) is 6.08. The fourth-order valence-corrected chi connectivity index (χ4v) is 3.12. The second-order valence-corrected chi connectivity index (χ2v) is 7.30. The van der Waals surface area contributed by atoms with Crippen molar-refractivity contribution in [3.63, 3.8) is 0 Å². The van der Waals surface area contributed by atoms with Gasteiger partial charge >= 0.3 is 0 Å². The number of carbonyl (C=O) groups excluding carboxylic acids is 1. The van der Waals surface area contributed by atoms with Crippen LogP contribution in [0, 0.1) is 25.2 Å². The smallest absolute Gasteiger partial charge is 0.266 e. The Morgan fingerprint density at radius 2 is 1.90 bits per heavy atom. The van der Waals surface area contributed by atoms with Gasteiger partial charge in [0.15, 0.2) is 0 Å². The van der Waals surface area contributed by atoms with E-state index in [1.165, 1.54) is 0 Å². The molecule has 3 aromatic rings. The summed E-state index contributed by atoms with van der Waals surface area (Å²) in [5.74, 6) is 0.169. The number of anilines is 1. The molecule has 0 aliphatic heterocycles. The van der Waals surface area contributed by atoms with Crippen molar-refractivity contribution in [3.8, 4) is 11.8 Å². The Morgan fingerprint density at radius 1 is 1.10 bits per heavy atom. The second kappa shape index (κ2) is 9.78. The molecule has 150 valence electrons. The number of carbonyl (C=O) groups is 1. The highest BCUT2D eigenvalue weighted by Gasteiger charge is 2.11. The van der Waals surface area contributed by atoms with E-state index in [1.54, 1.807) is 12.1 Å². The standard InChI is InChI=1S/C25H21ClN2O2/c1-17-10-11-24(18(2)12-17)28-25(29)21(15-27)13-19-6-5-8-22(14-19)30-16-20-7-3-4-9-23(20)26/h3-14H,16H2,1-2H3,(H,28,29)/b21-13-. The summed E-state index contributed by atoms with van der Waals surface area (Å²) in [6.07, 6.45) is 1.54. The molecule has 4 nitrogen and oxygen atoms in total. The maximum absolute atomic E-state index is 12.6. The zero-order valence-corrected chi connectivity index (χ0v) is 17.5. The number of nitrogens with one attached hydrogen (secondary N) is 1. The zero-order valence-electron chi connectivity index (χ0n) is 16.8. The van der Waals surface area contributed by atoms with Gasteiger partial charge in [0.1, 0.15) is 24.0 Å². The molecule has 0 aromatic heterocycles. The fraction of sp³-hybridized carbons (Fsp3) is 0.120. The zero-order chi connectivity index (χ0) is 21.5. The first kappa shape index (κ1) is 21.2. The summed E-state index contributed by atoms with van der Waals surface area (Å²) in [6.45, 7) is 4.23. The SMILES string of the molecule is Cc1ccc(NC(=O)/C(C#N)=C\c2cccc(OCc3ccccc3Cl)c2)c(C)c1. The molecular weight excluding hydrogens is 396 g/mol. The molecule has 30 heavy (non-hydrogen) atoms. The average Bonchev–Trinajstić information content (AvgIpc) is 2.73. The second-order valence-electron chi connectivity index (χ2n) is 6.89. The largest absolute Gasteiger partial charge is 0.489 e. The Morgan fingerprint density at radius 3 is 2.63 bits per heavy atom. The van der Waals surface area contributed by atoms with Crippen molar-refractivity contribution in [3.05, 3.63) is 99.6 Å². The van der Waals surface area contributed by atoms with Gasteiger partial charge in [-0.3, -0.25) is 4.79 Å². The average molecular weight is 417 g/mol. The summed E-state index contributed by atoms with van der Waals surface area (Å²) >= 11 is 6.16. The van der Waals surface area contributed by atoms with E-state index in [0.29, 0.717) is 28.6 Å². The van der Waals surface area contributed by atoms with Crippen LogP contribution in [0.15, 0.2) is 72.3 Å². The first-order valence-electron chi connectivity index (χ1n) is 9.43. The van der Waals surface area contributed by atoms with Crippen LogP contribution in [0.4, 0.5) is 5.69 Å². The van der Waals surface area contributed by atoms with E-state index >= 15 is 0 Å². The van der Waals surface area contributed by atoms with Crippen LogP contribution in [0.1, 0.15) is 22.3 Å². The van der Waals surface area contributed by atoms with Crippen molar-refractivity contribution in [2.75, 3.05) is 5.32 Å². The van der Waals surface area contributed by atoms with Crippen LogP contribution in [0.25, 0.3) is 6.08 Å². The minimum Gasteiger partial charge on any atom is -0.489 e. The molecule has 1 amide bonds. The molecule has 0 unspecified atom stereocenters. The third-order valence-corrected chi connectivity index (χ3v) is 4.89. The molecule has 0 fully saturated rings. The minimum atomic E-state index is -0.452. The van der Waals surface area contributed by atoms with Crippen LogP contribution in [0.5, 0.6) is 5.75 Å². The Labute approximate surface area is 181 Å². The first-order valence-corrected chi connectivity index (χ1v) is 9.81. The molecule has 3 rings (SSSR count). The molecule has 0 aliphatic rings. The number of aryl methyl sites for hydroxylation is 2. The lowest BCUT2D eigenvalue weighted by Crippen LogP contribution is -2.14. The molecule has 0 spiro atoms. The van der Waals surface area contributed by atoms with Crippen LogP contribution < -0.4 is 10.1 Å². The van der Waals surface area contributed by atoms with Gasteiger partial charge in [-0.15, -0.1) is 0 Å². The molecule has 0 radical (unpaired) electrons. The normalized spacial score (nSPS) is 10.9. The molecule has 0 bridgehead atoms. The molecule has 1 N–H and O–H groups in total. The van der Waals surface area contributed by atoms with Crippen molar-refractivity contribution >= 4 is 29.3 Å². The quantitative estimate of drug-likeness (QED) is 0.391. The molecule has 0 aliphatic carbocycles. The van der Waals surface area contributed by atoms with Gasteiger partial charge in [0, 0.05) is 16.3 Å². The number of nitrogens with zero attached hydrogens (tertiary/aromatic N) is 1. The van der Waals surface area contributed by atoms with Crippen molar-refractivity contribution in [2.45, 2.75) is 20.5 Å². The monoisotopic (exact) mass is 416 g/mol. The summed E-state index contributed by atoms with van der Waals surface area (Å²) in [5.41, 5.74) is 4.32. The van der Waals surface area contributed by atoms with Crippen LogP contribution >= 0.6 is 11.6 Å². The van der Waals surface area contributed by atoms with E-state index in [0.717, 1.165) is 16.7 Å². The van der Waals surface area contributed by atoms with Gasteiger partial charge in [-0.05, 0) is 55.3 Å². The summed E-state index contributed by atoms with van der Waals surface area (Å²) < 4.78 is 5.81. The van der Waals surface area contributed by atoms with Crippen molar-refractivity contribution < 1.29 is 9.53 Å². The summed E-state index contributed by atoms with van der Waals surface area (Å²) in [6, 6.07) is 22.4. The number of ether oxygens (including phenoxy) is 1. The highest BCUT2D eigenvalue weighted by atomic mass is 35.5. The maximum Gasteiger partial charge on any atom is 0.266 e. The van der Waals surface area contributed by atoms with E-state index in [2.05, 4.69) is 5.32 Å². The number of hydrogen-bond acceptors (Lipinski definition) is 3. The molecule has 0 heterocycles. The Hall–Kier alpha value is -3.55. The first-order chi connectivity index (χ1) is 14.5. The van der Waals surface area contributed by atoms with Crippen LogP contribution in [-0.2, 0) is 11.4 Å². The van der Waals surface area contributed by atoms with E-state index in [-0.39, 0.29) is 5.57 Å². The number of benzene rings is 3. The highest BCUT2D eigenvalue weighted by Crippen LogP contribution is 2.21. The number of nitriles is 1. The molecule has 5 heteroatoms. The predicted molar refractivity (Wildman–Crippen MR) is 120 cm³/mol. The van der Waals surface area contributed by atoms with E-state index in [4.69, 9.17) is 16.3 Å². The van der Waals surface area contributed by atoms with Gasteiger partial charge < -0.3 is 10.1 Å². The third-order valence-electron chi connectivity index (χ3n) is 4.52. The van der Waals surface area contributed by atoms with Crippen LogP contribution in [-0.4, -0.2) is 5.91 Å². The van der Waals surface area contributed by atoms with Gasteiger partial charge in [-0.1, -0.05) is 59.6 Å². The van der Waals surface area contributed by atoms with E-state index in [9.17, 15) is 10.1 Å². The Balaban J connectivity index is 1.74. The minimum absolute atomic E-state index is 0.0122. The molecule has 0 atom stereocenters. The molecule has 0 saturated carbocycles. The lowest BCUT2D eigenvalue weighted by Gasteiger charge is -2.09. The molecule has 0 saturated heterocycles. The number of halogens is 1. The van der Waals surface area contributed by atoms with Crippen LogP contribution in [0.3, 0.4) is 0 Å². The summed E-state index contributed by atoms with van der Waals surface area (Å²) in [5, 5.41) is 12.9. The van der Waals surface area contributed by atoms with Crippen molar-refractivity contribution in [1.29, 1.82) is 5.26 Å². The Kier molecular flexibility index (Phi) is 6.90. The Bertz CT molecular complexity index is 1150.